The zero-order valence-electron chi connectivity index (χ0n) is 17.2. The number of urea groups is 1. The quantitative estimate of drug-likeness (QED) is 0.810. The second-order valence-electron chi connectivity index (χ2n) is 7.70. The molecular weight excluding hydrogens is 370 g/mol. The number of amides is 3. The Bertz CT molecular complexity index is 893. The van der Waals surface area contributed by atoms with Crippen LogP contribution in [0.5, 0.6) is 11.5 Å². The van der Waals surface area contributed by atoms with Gasteiger partial charge in [-0.25, -0.2) is 4.79 Å². The highest BCUT2D eigenvalue weighted by molar-refractivity contribution is 5.99. The van der Waals surface area contributed by atoms with Gasteiger partial charge in [-0.05, 0) is 50.1 Å². The molecule has 29 heavy (non-hydrogen) atoms. The molecule has 2 aromatic carbocycles. The van der Waals surface area contributed by atoms with E-state index in [0.717, 1.165) is 11.3 Å². The monoisotopic (exact) mass is 397 g/mol. The maximum Gasteiger partial charge on any atom is 0.319 e. The lowest BCUT2D eigenvalue weighted by Gasteiger charge is -2.24. The van der Waals surface area contributed by atoms with Crippen LogP contribution in [0.3, 0.4) is 0 Å². The minimum atomic E-state index is -0.611. The number of benzene rings is 2. The molecule has 0 unspecified atom stereocenters. The predicted octanol–water partition coefficient (Wildman–Crippen LogP) is 3.44. The highest BCUT2D eigenvalue weighted by atomic mass is 16.5. The predicted molar refractivity (Wildman–Crippen MR) is 113 cm³/mol. The van der Waals surface area contributed by atoms with Crippen molar-refractivity contribution in [3.8, 4) is 11.5 Å². The largest absolute Gasteiger partial charge is 0.497 e. The van der Waals surface area contributed by atoms with Crippen LogP contribution in [0.15, 0.2) is 42.5 Å². The highest BCUT2D eigenvalue weighted by Crippen LogP contribution is 2.37. The van der Waals surface area contributed by atoms with Crippen LogP contribution in [0, 0.1) is 5.41 Å². The van der Waals surface area contributed by atoms with E-state index in [1.807, 2.05) is 38.1 Å². The van der Waals surface area contributed by atoms with Crippen LogP contribution >= 0.6 is 0 Å². The molecule has 0 bridgehead atoms. The van der Waals surface area contributed by atoms with Gasteiger partial charge in [0.25, 0.3) is 0 Å². The van der Waals surface area contributed by atoms with Gasteiger partial charge in [0.1, 0.15) is 18.1 Å². The first-order valence-corrected chi connectivity index (χ1v) is 9.53. The average Bonchev–Trinajstić information content (AvgIpc) is 2.79. The summed E-state index contributed by atoms with van der Waals surface area (Å²) in [6.45, 7) is 4.49. The summed E-state index contributed by atoms with van der Waals surface area (Å²) in [6, 6.07) is 12.7. The number of carbonyl (C=O) groups is 2. The Hall–Kier alpha value is -3.22. The first-order valence-electron chi connectivity index (χ1n) is 9.53. The molecule has 0 saturated heterocycles. The third-order valence-corrected chi connectivity index (χ3v) is 4.91. The maximum atomic E-state index is 12.5. The van der Waals surface area contributed by atoms with Gasteiger partial charge in [-0.15, -0.1) is 0 Å². The maximum absolute atomic E-state index is 12.5. The van der Waals surface area contributed by atoms with Crippen molar-refractivity contribution in [2.45, 2.75) is 20.3 Å². The molecule has 2 aromatic rings. The van der Waals surface area contributed by atoms with Gasteiger partial charge in [-0.2, -0.15) is 0 Å². The molecule has 0 aromatic heterocycles. The molecule has 3 rings (SSSR count). The van der Waals surface area contributed by atoms with Crippen molar-refractivity contribution in [3.63, 3.8) is 0 Å². The summed E-state index contributed by atoms with van der Waals surface area (Å²) in [5.74, 6) is 1.37. The van der Waals surface area contributed by atoms with E-state index < -0.39 is 5.41 Å². The second kappa shape index (κ2) is 8.43. The zero-order valence-corrected chi connectivity index (χ0v) is 17.2. The molecule has 3 amide bonds. The number of hydrogen-bond donors (Lipinski definition) is 2. The van der Waals surface area contributed by atoms with Crippen molar-refractivity contribution in [3.05, 3.63) is 48.0 Å². The minimum absolute atomic E-state index is 0.00626. The second-order valence-corrected chi connectivity index (χ2v) is 7.70. The first kappa shape index (κ1) is 20.5. The topological polar surface area (TPSA) is 79.9 Å². The number of fused-ring (bicyclic) bond motifs is 1. The number of carbonyl (C=O) groups excluding carboxylic acids is 2. The molecule has 2 N–H and O–H groups in total. The molecule has 1 heterocycles. The number of anilines is 2. The van der Waals surface area contributed by atoms with Crippen molar-refractivity contribution in [2.24, 2.45) is 5.41 Å². The highest BCUT2D eigenvalue weighted by Gasteiger charge is 2.36. The summed E-state index contributed by atoms with van der Waals surface area (Å²) in [6.07, 6.45) is 0.715. The summed E-state index contributed by atoms with van der Waals surface area (Å²) < 4.78 is 11.0. The van der Waals surface area contributed by atoms with E-state index in [-0.39, 0.29) is 18.5 Å². The van der Waals surface area contributed by atoms with Crippen LogP contribution in [-0.4, -0.2) is 39.2 Å². The SMILES string of the molecule is COc1ccc(CCNC(=O)Nc2ccc3c(c2)OCC(C)(C)C(=O)N3C)cc1. The van der Waals surface area contributed by atoms with Gasteiger partial charge in [-0.3, -0.25) is 4.79 Å². The number of ether oxygens (including phenoxy) is 2. The minimum Gasteiger partial charge on any atom is -0.497 e. The van der Waals surface area contributed by atoms with E-state index in [1.165, 1.54) is 0 Å². The Kier molecular flexibility index (Phi) is 5.96. The summed E-state index contributed by atoms with van der Waals surface area (Å²) in [4.78, 5) is 26.3. The smallest absolute Gasteiger partial charge is 0.319 e. The standard InChI is InChI=1S/C22H27N3O4/c1-22(2)14-29-19-13-16(7-10-18(19)25(3)20(22)26)24-21(27)23-12-11-15-5-8-17(28-4)9-6-15/h5-10,13H,11-12,14H2,1-4H3,(H2,23,24,27). The third kappa shape index (κ3) is 4.80. The van der Waals surface area contributed by atoms with Crippen molar-refractivity contribution in [1.29, 1.82) is 0 Å². The lowest BCUT2D eigenvalue weighted by atomic mass is 9.93. The molecule has 0 atom stereocenters. The van der Waals surface area contributed by atoms with Crippen LogP contribution in [0.1, 0.15) is 19.4 Å². The van der Waals surface area contributed by atoms with Crippen LogP contribution in [0.2, 0.25) is 0 Å². The molecule has 1 aliphatic rings. The summed E-state index contributed by atoms with van der Waals surface area (Å²) in [5.41, 5.74) is 1.79. The van der Waals surface area contributed by atoms with Crippen LogP contribution in [0.4, 0.5) is 16.2 Å². The molecule has 0 aliphatic carbocycles. The van der Waals surface area contributed by atoms with E-state index in [1.54, 1.807) is 37.3 Å². The van der Waals surface area contributed by atoms with Crippen LogP contribution < -0.4 is 25.0 Å². The van der Waals surface area contributed by atoms with E-state index in [0.29, 0.717) is 30.1 Å². The fourth-order valence-electron chi connectivity index (χ4n) is 3.16. The fourth-order valence-corrected chi connectivity index (χ4v) is 3.16. The number of hydrogen-bond acceptors (Lipinski definition) is 4. The lowest BCUT2D eigenvalue weighted by molar-refractivity contribution is -0.127. The molecule has 7 heteroatoms. The summed E-state index contributed by atoms with van der Waals surface area (Å²) in [7, 11) is 3.36. The number of methoxy groups -OCH3 is 1. The number of nitrogens with zero attached hydrogens (tertiary/aromatic N) is 1. The summed E-state index contributed by atoms with van der Waals surface area (Å²) >= 11 is 0. The lowest BCUT2D eigenvalue weighted by Crippen LogP contribution is -2.39. The summed E-state index contributed by atoms with van der Waals surface area (Å²) in [5, 5.41) is 5.65. The molecule has 154 valence electrons. The van der Waals surface area contributed by atoms with Gasteiger partial charge in [-0.1, -0.05) is 12.1 Å². The fraction of sp³-hybridized carbons (Fsp3) is 0.364. The molecule has 1 aliphatic heterocycles. The molecule has 0 spiro atoms. The Morgan fingerprint density at radius 1 is 1.21 bits per heavy atom. The first-order chi connectivity index (χ1) is 13.8. The normalized spacial score (nSPS) is 15.0. The van der Waals surface area contributed by atoms with Gasteiger partial charge in [0.05, 0.1) is 18.2 Å². The van der Waals surface area contributed by atoms with Crippen molar-refractivity contribution in [2.75, 3.05) is 37.5 Å². The van der Waals surface area contributed by atoms with Crippen LogP contribution in [-0.2, 0) is 11.2 Å². The van der Waals surface area contributed by atoms with E-state index >= 15 is 0 Å². The zero-order chi connectivity index (χ0) is 21.0. The molecule has 0 fully saturated rings. The Morgan fingerprint density at radius 2 is 1.93 bits per heavy atom. The molecule has 0 radical (unpaired) electrons. The van der Waals surface area contributed by atoms with E-state index in [9.17, 15) is 9.59 Å². The molecular formula is C22H27N3O4. The average molecular weight is 397 g/mol. The van der Waals surface area contributed by atoms with Gasteiger partial charge in [0.15, 0.2) is 0 Å². The van der Waals surface area contributed by atoms with Crippen molar-refractivity contribution >= 4 is 23.3 Å². The van der Waals surface area contributed by atoms with E-state index in [2.05, 4.69) is 10.6 Å². The Morgan fingerprint density at radius 3 is 2.62 bits per heavy atom. The Balaban J connectivity index is 1.57. The third-order valence-electron chi connectivity index (χ3n) is 4.91. The Labute approximate surface area is 171 Å². The van der Waals surface area contributed by atoms with Crippen molar-refractivity contribution < 1.29 is 19.1 Å². The van der Waals surface area contributed by atoms with Gasteiger partial charge in [0.2, 0.25) is 5.91 Å². The van der Waals surface area contributed by atoms with Gasteiger partial charge in [0, 0.05) is 25.3 Å². The molecule has 7 nitrogen and oxygen atoms in total. The van der Waals surface area contributed by atoms with Gasteiger partial charge >= 0.3 is 6.03 Å². The van der Waals surface area contributed by atoms with Gasteiger partial charge < -0.3 is 25.0 Å². The number of nitrogens with one attached hydrogen (secondary N) is 2. The van der Waals surface area contributed by atoms with Crippen molar-refractivity contribution in [1.82, 2.24) is 5.32 Å². The molecule has 0 saturated carbocycles. The van der Waals surface area contributed by atoms with E-state index in [4.69, 9.17) is 9.47 Å². The number of rotatable bonds is 5. The van der Waals surface area contributed by atoms with Crippen LogP contribution in [0.25, 0.3) is 0 Å².